The van der Waals surface area contributed by atoms with Gasteiger partial charge in [0.1, 0.15) is 16.2 Å². The molecule has 0 aliphatic heterocycles. The second kappa shape index (κ2) is 9.20. The van der Waals surface area contributed by atoms with Gasteiger partial charge in [-0.2, -0.15) is 0 Å². The molecule has 0 radical (unpaired) electrons. The normalized spacial score (nSPS) is 12.1. The Morgan fingerprint density at radius 1 is 1.03 bits per heavy atom. The standard InChI is InChI=1S/C25H25N3OS2/c1-5-21(23(29)28-19-11-16(3)10-17(4)12-19)31-25-22-20(13-30-24(22)26-14-27-25)18-8-6-15(2)7-9-18/h6-14,21H,5H2,1-4H3,(H,28,29). The number of thioether (sulfide) groups is 1. The fourth-order valence-corrected chi connectivity index (χ4v) is 5.62. The number of benzene rings is 2. The lowest BCUT2D eigenvalue weighted by molar-refractivity contribution is -0.115. The third-order valence-electron chi connectivity index (χ3n) is 5.10. The van der Waals surface area contributed by atoms with Crippen molar-refractivity contribution in [2.75, 3.05) is 5.32 Å². The van der Waals surface area contributed by atoms with Crippen molar-refractivity contribution in [3.8, 4) is 11.1 Å². The highest BCUT2D eigenvalue weighted by Crippen LogP contribution is 2.39. The Labute approximate surface area is 191 Å². The summed E-state index contributed by atoms with van der Waals surface area (Å²) in [4.78, 5) is 23.0. The molecule has 4 aromatic rings. The van der Waals surface area contributed by atoms with E-state index in [2.05, 4.69) is 57.9 Å². The number of aryl methyl sites for hydroxylation is 3. The molecular weight excluding hydrogens is 422 g/mol. The maximum Gasteiger partial charge on any atom is 0.237 e. The zero-order chi connectivity index (χ0) is 22.0. The van der Waals surface area contributed by atoms with Crippen molar-refractivity contribution in [1.82, 2.24) is 9.97 Å². The first-order chi connectivity index (χ1) is 14.9. The van der Waals surface area contributed by atoms with Gasteiger partial charge in [0.15, 0.2) is 0 Å². The summed E-state index contributed by atoms with van der Waals surface area (Å²) in [5.41, 5.74) is 6.59. The molecule has 0 fully saturated rings. The van der Waals surface area contributed by atoms with E-state index in [4.69, 9.17) is 0 Å². The summed E-state index contributed by atoms with van der Waals surface area (Å²) in [5, 5.41) is 6.85. The number of anilines is 1. The third-order valence-corrected chi connectivity index (χ3v) is 7.36. The van der Waals surface area contributed by atoms with E-state index in [1.807, 2.05) is 32.9 Å². The summed E-state index contributed by atoms with van der Waals surface area (Å²) in [6, 6.07) is 14.6. The number of thiophene rings is 1. The maximum atomic E-state index is 13.1. The van der Waals surface area contributed by atoms with Gasteiger partial charge >= 0.3 is 0 Å². The molecule has 2 aromatic carbocycles. The minimum atomic E-state index is -0.246. The summed E-state index contributed by atoms with van der Waals surface area (Å²) in [7, 11) is 0. The van der Waals surface area contributed by atoms with Crippen LogP contribution in [0.3, 0.4) is 0 Å². The van der Waals surface area contributed by atoms with E-state index in [0.29, 0.717) is 6.42 Å². The molecule has 2 heterocycles. The number of amides is 1. The van der Waals surface area contributed by atoms with Crippen LogP contribution in [0.2, 0.25) is 0 Å². The number of aromatic nitrogens is 2. The summed E-state index contributed by atoms with van der Waals surface area (Å²) >= 11 is 3.13. The average molecular weight is 448 g/mol. The van der Waals surface area contributed by atoms with Gasteiger partial charge in [-0.25, -0.2) is 9.97 Å². The molecule has 0 aliphatic rings. The zero-order valence-corrected chi connectivity index (χ0v) is 19.7. The molecule has 1 N–H and O–H groups in total. The smallest absolute Gasteiger partial charge is 0.237 e. The number of carbonyl (C=O) groups excluding carboxylic acids is 1. The van der Waals surface area contributed by atoms with Crippen LogP contribution in [0.1, 0.15) is 30.0 Å². The zero-order valence-electron chi connectivity index (χ0n) is 18.1. The first-order valence-corrected chi connectivity index (χ1v) is 12.1. The Morgan fingerprint density at radius 3 is 2.42 bits per heavy atom. The average Bonchev–Trinajstić information content (AvgIpc) is 3.16. The van der Waals surface area contributed by atoms with E-state index in [1.165, 1.54) is 17.3 Å². The Kier molecular flexibility index (Phi) is 6.39. The summed E-state index contributed by atoms with van der Waals surface area (Å²) in [5.74, 6) is -0.00335. The van der Waals surface area contributed by atoms with Gasteiger partial charge < -0.3 is 5.32 Å². The molecule has 158 valence electrons. The number of nitrogens with one attached hydrogen (secondary N) is 1. The topological polar surface area (TPSA) is 54.9 Å². The summed E-state index contributed by atoms with van der Waals surface area (Å²) in [6.45, 7) is 8.19. The minimum Gasteiger partial charge on any atom is -0.325 e. The SMILES string of the molecule is CCC(Sc1ncnc2scc(-c3ccc(C)cc3)c12)C(=O)Nc1cc(C)cc(C)c1. The van der Waals surface area contributed by atoms with Crippen molar-refractivity contribution in [3.05, 3.63) is 70.9 Å². The largest absolute Gasteiger partial charge is 0.325 e. The van der Waals surface area contributed by atoms with Crippen LogP contribution < -0.4 is 5.32 Å². The molecule has 4 rings (SSSR count). The van der Waals surface area contributed by atoms with E-state index in [1.54, 1.807) is 17.7 Å². The molecule has 0 spiro atoms. The first kappa shape index (κ1) is 21.5. The summed E-state index contributed by atoms with van der Waals surface area (Å²) < 4.78 is 0. The van der Waals surface area contributed by atoms with E-state index in [9.17, 15) is 4.79 Å². The highest BCUT2D eigenvalue weighted by atomic mass is 32.2. The van der Waals surface area contributed by atoms with Crippen molar-refractivity contribution in [3.63, 3.8) is 0 Å². The van der Waals surface area contributed by atoms with E-state index >= 15 is 0 Å². The highest BCUT2D eigenvalue weighted by Gasteiger charge is 2.22. The molecule has 2 aromatic heterocycles. The third kappa shape index (κ3) is 4.81. The predicted octanol–water partition coefficient (Wildman–Crippen LogP) is 6.79. The summed E-state index contributed by atoms with van der Waals surface area (Å²) in [6.07, 6.45) is 2.30. The molecule has 0 bridgehead atoms. The molecule has 4 nitrogen and oxygen atoms in total. The van der Waals surface area contributed by atoms with Gasteiger partial charge in [-0.15, -0.1) is 11.3 Å². The molecule has 1 amide bonds. The fourth-order valence-electron chi connectivity index (χ4n) is 3.61. The van der Waals surface area contributed by atoms with Gasteiger partial charge in [0.25, 0.3) is 0 Å². The minimum absolute atomic E-state index is 0.00335. The lowest BCUT2D eigenvalue weighted by Crippen LogP contribution is -2.24. The lowest BCUT2D eigenvalue weighted by Gasteiger charge is -2.16. The first-order valence-electron chi connectivity index (χ1n) is 10.3. The maximum absolute atomic E-state index is 13.1. The van der Waals surface area contributed by atoms with Crippen LogP contribution >= 0.6 is 23.1 Å². The van der Waals surface area contributed by atoms with Crippen LogP contribution in [0.5, 0.6) is 0 Å². The number of rotatable bonds is 6. The van der Waals surface area contributed by atoms with Gasteiger partial charge in [0.05, 0.1) is 10.6 Å². The molecule has 0 saturated heterocycles. The van der Waals surface area contributed by atoms with Gasteiger partial charge in [-0.1, -0.05) is 54.6 Å². The molecule has 1 unspecified atom stereocenters. The van der Waals surface area contributed by atoms with Crippen LogP contribution in [0, 0.1) is 20.8 Å². The molecule has 0 saturated carbocycles. The number of hydrogen-bond donors (Lipinski definition) is 1. The van der Waals surface area contributed by atoms with Crippen molar-refractivity contribution in [1.29, 1.82) is 0 Å². The Morgan fingerprint density at radius 2 is 1.74 bits per heavy atom. The number of nitrogens with zero attached hydrogens (tertiary/aromatic N) is 2. The Bertz CT molecular complexity index is 1210. The Balaban J connectivity index is 1.64. The van der Waals surface area contributed by atoms with E-state index in [-0.39, 0.29) is 11.2 Å². The molecule has 0 aliphatic carbocycles. The number of hydrogen-bond acceptors (Lipinski definition) is 5. The molecular formula is C25H25N3OS2. The Hall–Kier alpha value is -2.70. The monoisotopic (exact) mass is 447 g/mol. The second-order valence-electron chi connectivity index (χ2n) is 7.75. The highest BCUT2D eigenvalue weighted by molar-refractivity contribution is 8.00. The van der Waals surface area contributed by atoms with Gasteiger partial charge in [-0.05, 0) is 56.0 Å². The lowest BCUT2D eigenvalue weighted by atomic mass is 10.1. The van der Waals surface area contributed by atoms with Crippen LogP contribution in [0.4, 0.5) is 5.69 Å². The van der Waals surface area contributed by atoms with Crippen LogP contribution in [0.25, 0.3) is 21.3 Å². The number of fused-ring (bicyclic) bond motifs is 1. The van der Waals surface area contributed by atoms with Gasteiger partial charge in [0, 0.05) is 16.6 Å². The molecule has 6 heteroatoms. The van der Waals surface area contributed by atoms with Crippen molar-refractivity contribution < 1.29 is 4.79 Å². The predicted molar refractivity (Wildman–Crippen MR) is 132 cm³/mol. The van der Waals surface area contributed by atoms with Crippen molar-refractivity contribution in [2.45, 2.75) is 44.4 Å². The van der Waals surface area contributed by atoms with E-state index in [0.717, 1.165) is 43.2 Å². The molecule has 31 heavy (non-hydrogen) atoms. The molecule has 1 atom stereocenters. The van der Waals surface area contributed by atoms with Gasteiger partial charge in [0.2, 0.25) is 5.91 Å². The van der Waals surface area contributed by atoms with Gasteiger partial charge in [-0.3, -0.25) is 4.79 Å². The van der Waals surface area contributed by atoms with Crippen LogP contribution in [-0.4, -0.2) is 21.1 Å². The van der Waals surface area contributed by atoms with Crippen molar-refractivity contribution in [2.24, 2.45) is 0 Å². The number of carbonyl (C=O) groups is 1. The fraction of sp³-hybridized carbons (Fsp3) is 0.240. The van der Waals surface area contributed by atoms with Crippen molar-refractivity contribution >= 4 is 44.9 Å². The van der Waals surface area contributed by atoms with Crippen LogP contribution in [0.15, 0.2) is 59.2 Å². The quantitative estimate of drug-likeness (QED) is 0.261. The van der Waals surface area contributed by atoms with E-state index < -0.39 is 0 Å². The van der Waals surface area contributed by atoms with Crippen LogP contribution in [-0.2, 0) is 4.79 Å². The second-order valence-corrected chi connectivity index (χ2v) is 9.80.